The Bertz CT molecular complexity index is 482. The third-order valence-electron chi connectivity index (χ3n) is 3.00. The summed E-state index contributed by atoms with van der Waals surface area (Å²) in [4.78, 5) is 12.8. The predicted molar refractivity (Wildman–Crippen MR) is 77.4 cm³/mol. The number of Topliss-reactive ketones (excluding diaryl/α,β-unsaturated/α-hetero) is 1. The van der Waals surface area contributed by atoms with Crippen molar-refractivity contribution < 1.29 is 4.79 Å². The molecule has 1 aromatic heterocycles. The van der Waals surface area contributed by atoms with E-state index < -0.39 is 0 Å². The number of benzene rings is 1. The molecule has 2 rings (SSSR count). The lowest BCUT2D eigenvalue weighted by atomic mass is 10.0. The molecule has 0 atom stereocenters. The van der Waals surface area contributed by atoms with E-state index in [4.69, 9.17) is 0 Å². The fourth-order valence-electron chi connectivity index (χ4n) is 1.91. The Morgan fingerprint density at radius 2 is 1.83 bits per heavy atom. The average molecular weight is 258 g/mol. The SMILES string of the molecule is CCCCc1ccc(CC(=O)c2cccs2)cc1. The largest absolute Gasteiger partial charge is 0.293 e. The van der Waals surface area contributed by atoms with Crippen LogP contribution in [0.25, 0.3) is 0 Å². The molecule has 0 aliphatic carbocycles. The van der Waals surface area contributed by atoms with E-state index in [2.05, 4.69) is 31.2 Å². The lowest BCUT2D eigenvalue weighted by Crippen LogP contribution is -2.01. The topological polar surface area (TPSA) is 17.1 Å². The molecule has 1 heterocycles. The molecule has 18 heavy (non-hydrogen) atoms. The summed E-state index contributed by atoms with van der Waals surface area (Å²) in [6.07, 6.45) is 4.09. The number of carbonyl (C=O) groups is 1. The molecule has 0 unspecified atom stereocenters. The lowest BCUT2D eigenvalue weighted by molar-refractivity contribution is 0.0997. The van der Waals surface area contributed by atoms with Crippen molar-refractivity contribution in [3.63, 3.8) is 0 Å². The second kappa shape index (κ2) is 6.50. The van der Waals surface area contributed by atoms with Crippen LogP contribution in [0.1, 0.15) is 40.6 Å². The number of unbranched alkanes of at least 4 members (excludes halogenated alkanes) is 1. The van der Waals surface area contributed by atoms with E-state index in [-0.39, 0.29) is 5.78 Å². The molecule has 0 fully saturated rings. The summed E-state index contributed by atoms with van der Waals surface area (Å²) in [6, 6.07) is 12.3. The Morgan fingerprint density at radius 1 is 1.11 bits per heavy atom. The lowest BCUT2D eigenvalue weighted by Gasteiger charge is -2.03. The fourth-order valence-corrected chi connectivity index (χ4v) is 2.58. The Kier molecular flexibility index (Phi) is 4.71. The van der Waals surface area contributed by atoms with Crippen molar-refractivity contribution in [2.45, 2.75) is 32.6 Å². The zero-order valence-electron chi connectivity index (χ0n) is 10.7. The van der Waals surface area contributed by atoms with Crippen molar-refractivity contribution in [3.8, 4) is 0 Å². The van der Waals surface area contributed by atoms with Gasteiger partial charge in [0.1, 0.15) is 0 Å². The standard InChI is InChI=1S/C16H18OS/c1-2-3-5-13-7-9-14(10-8-13)12-15(17)16-6-4-11-18-16/h4,6-11H,2-3,5,12H2,1H3. The minimum atomic E-state index is 0.214. The van der Waals surface area contributed by atoms with Crippen LogP contribution in [0.5, 0.6) is 0 Å². The van der Waals surface area contributed by atoms with Crippen molar-refractivity contribution in [1.82, 2.24) is 0 Å². The summed E-state index contributed by atoms with van der Waals surface area (Å²) < 4.78 is 0. The number of hydrogen-bond donors (Lipinski definition) is 0. The van der Waals surface area contributed by atoms with Crippen LogP contribution in [0.15, 0.2) is 41.8 Å². The van der Waals surface area contributed by atoms with Crippen molar-refractivity contribution in [2.75, 3.05) is 0 Å². The molecule has 0 N–H and O–H groups in total. The molecule has 0 bridgehead atoms. The van der Waals surface area contributed by atoms with Gasteiger partial charge in [0, 0.05) is 6.42 Å². The monoisotopic (exact) mass is 258 g/mol. The normalized spacial score (nSPS) is 10.5. The van der Waals surface area contributed by atoms with Crippen LogP contribution in [0.4, 0.5) is 0 Å². The summed E-state index contributed by atoms with van der Waals surface area (Å²) in [6.45, 7) is 2.20. The maximum absolute atomic E-state index is 11.9. The van der Waals surface area contributed by atoms with Crippen LogP contribution >= 0.6 is 11.3 Å². The van der Waals surface area contributed by atoms with E-state index in [1.807, 2.05) is 17.5 Å². The molecule has 1 aromatic carbocycles. The summed E-state index contributed by atoms with van der Waals surface area (Å²) in [5.41, 5.74) is 2.47. The zero-order valence-corrected chi connectivity index (χ0v) is 11.5. The van der Waals surface area contributed by atoms with Crippen LogP contribution in [0.2, 0.25) is 0 Å². The molecule has 0 saturated heterocycles. The van der Waals surface area contributed by atoms with Gasteiger partial charge in [-0.1, -0.05) is 43.7 Å². The van der Waals surface area contributed by atoms with Gasteiger partial charge in [0.25, 0.3) is 0 Å². The maximum Gasteiger partial charge on any atom is 0.177 e. The highest BCUT2D eigenvalue weighted by molar-refractivity contribution is 7.12. The first-order valence-corrected chi connectivity index (χ1v) is 7.32. The number of carbonyl (C=O) groups excluding carboxylic acids is 1. The van der Waals surface area contributed by atoms with Gasteiger partial charge in [-0.25, -0.2) is 0 Å². The van der Waals surface area contributed by atoms with Gasteiger partial charge in [-0.2, -0.15) is 0 Å². The smallest absolute Gasteiger partial charge is 0.177 e. The summed E-state index contributed by atoms with van der Waals surface area (Å²) in [5.74, 6) is 0.214. The van der Waals surface area contributed by atoms with Gasteiger partial charge in [0.2, 0.25) is 0 Å². The highest BCUT2D eigenvalue weighted by Gasteiger charge is 2.07. The van der Waals surface area contributed by atoms with Crippen molar-refractivity contribution in [1.29, 1.82) is 0 Å². The second-order valence-electron chi connectivity index (χ2n) is 4.50. The van der Waals surface area contributed by atoms with Gasteiger partial charge in [0.05, 0.1) is 4.88 Å². The Hall–Kier alpha value is -1.41. The Balaban J connectivity index is 1.96. The van der Waals surface area contributed by atoms with Crippen molar-refractivity contribution >= 4 is 17.1 Å². The molecule has 0 radical (unpaired) electrons. The average Bonchev–Trinajstić information content (AvgIpc) is 2.92. The molecule has 1 nitrogen and oxygen atoms in total. The highest BCUT2D eigenvalue weighted by Crippen LogP contribution is 2.14. The molecule has 2 heteroatoms. The van der Waals surface area contributed by atoms with Crippen LogP contribution in [0, 0.1) is 0 Å². The maximum atomic E-state index is 11.9. The Labute approximate surface area is 112 Å². The Morgan fingerprint density at radius 3 is 2.44 bits per heavy atom. The van der Waals surface area contributed by atoms with Crippen molar-refractivity contribution in [3.05, 3.63) is 57.8 Å². The molecule has 0 amide bonds. The molecule has 94 valence electrons. The molecule has 0 aliphatic heterocycles. The van der Waals surface area contributed by atoms with E-state index in [0.29, 0.717) is 6.42 Å². The first-order valence-electron chi connectivity index (χ1n) is 6.44. The van der Waals surface area contributed by atoms with Crippen LogP contribution in [-0.2, 0) is 12.8 Å². The third-order valence-corrected chi connectivity index (χ3v) is 3.91. The van der Waals surface area contributed by atoms with E-state index in [1.165, 1.54) is 29.7 Å². The van der Waals surface area contributed by atoms with E-state index in [1.54, 1.807) is 0 Å². The number of ketones is 1. The van der Waals surface area contributed by atoms with Crippen molar-refractivity contribution in [2.24, 2.45) is 0 Å². The van der Waals surface area contributed by atoms with Gasteiger partial charge >= 0.3 is 0 Å². The molecule has 0 aliphatic rings. The number of hydrogen-bond acceptors (Lipinski definition) is 2. The van der Waals surface area contributed by atoms with E-state index in [0.717, 1.165) is 16.9 Å². The number of thiophene rings is 1. The predicted octanol–water partition coefficient (Wildman–Crippen LogP) is 4.52. The first kappa shape index (κ1) is 13.0. The number of aryl methyl sites for hydroxylation is 1. The van der Waals surface area contributed by atoms with Crippen LogP contribution in [-0.4, -0.2) is 5.78 Å². The first-order chi connectivity index (χ1) is 8.79. The fraction of sp³-hybridized carbons (Fsp3) is 0.312. The highest BCUT2D eigenvalue weighted by atomic mass is 32.1. The minimum absolute atomic E-state index is 0.214. The van der Waals surface area contributed by atoms with E-state index >= 15 is 0 Å². The molecule has 0 saturated carbocycles. The van der Waals surface area contributed by atoms with Crippen LogP contribution in [0.3, 0.4) is 0 Å². The summed E-state index contributed by atoms with van der Waals surface area (Å²) in [7, 11) is 0. The van der Waals surface area contributed by atoms with Gasteiger partial charge in [-0.15, -0.1) is 11.3 Å². The summed E-state index contributed by atoms with van der Waals surface area (Å²) >= 11 is 1.51. The minimum Gasteiger partial charge on any atom is -0.293 e. The van der Waals surface area contributed by atoms with Gasteiger partial charge in [-0.05, 0) is 35.4 Å². The quantitative estimate of drug-likeness (QED) is 0.696. The molecule has 2 aromatic rings. The van der Waals surface area contributed by atoms with Gasteiger partial charge in [-0.3, -0.25) is 4.79 Å². The zero-order chi connectivity index (χ0) is 12.8. The number of rotatable bonds is 6. The molecular formula is C16H18OS. The van der Waals surface area contributed by atoms with Gasteiger partial charge in [0.15, 0.2) is 5.78 Å². The third kappa shape index (κ3) is 3.54. The molecular weight excluding hydrogens is 240 g/mol. The second-order valence-corrected chi connectivity index (χ2v) is 5.44. The van der Waals surface area contributed by atoms with E-state index in [9.17, 15) is 4.79 Å². The van der Waals surface area contributed by atoms with Crippen LogP contribution < -0.4 is 0 Å². The van der Waals surface area contributed by atoms with Gasteiger partial charge < -0.3 is 0 Å². The summed E-state index contributed by atoms with van der Waals surface area (Å²) in [5, 5.41) is 1.95. The molecule has 0 spiro atoms.